The van der Waals surface area contributed by atoms with Gasteiger partial charge in [0, 0.05) is 18.0 Å². The molecular weight excluding hydrogens is 294 g/mol. The molecular formula is C22H35NO. The van der Waals surface area contributed by atoms with Crippen LogP contribution in [0.4, 0.5) is 0 Å². The third kappa shape index (κ3) is 2.35. The second-order valence-electron chi connectivity index (χ2n) is 10.2. The van der Waals surface area contributed by atoms with E-state index in [1.807, 2.05) is 0 Å². The van der Waals surface area contributed by atoms with Crippen molar-refractivity contribution in [1.29, 1.82) is 0 Å². The van der Waals surface area contributed by atoms with Crippen molar-refractivity contribution >= 4 is 0 Å². The average molecular weight is 330 g/mol. The summed E-state index contributed by atoms with van der Waals surface area (Å²) in [6.45, 7) is 3.83. The van der Waals surface area contributed by atoms with Crippen LogP contribution in [-0.2, 0) is 0 Å². The molecule has 134 valence electrons. The Morgan fingerprint density at radius 1 is 1.04 bits per heavy atom. The van der Waals surface area contributed by atoms with Crippen molar-refractivity contribution in [2.24, 2.45) is 34.5 Å². The molecule has 4 saturated carbocycles. The number of aliphatic hydroxyl groups excluding tert-OH is 1. The molecule has 2 nitrogen and oxygen atoms in total. The monoisotopic (exact) mass is 329 g/mol. The molecule has 0 radical (unpaired) electrons. The molecule has 2 N–H and O–H groups in total. The van der Waals surface area contributed by atoms with Gasteiger partial charge in [0.15, 0.2) is 0 Å². The van der Waals surface area contributed by atoms with Crippen LogP contribution in [-0.4, -0.2) is 23.8 Å². The van der Waals surface area contributed by atoms with E-state index in [0.717, 1.165) is 42.6 Å². The summed E-state index contributed by atoms with van der Waals surface area (Å²) in [5.41, 5.74) is 0.988. The van der Waals surface area contributed by atoms with Crippen LogP contribution in [0, 0.1) is 34.5 Å². The fourth-order valence-electron chi connectivity index (χ4n) is 7.44. The molecule has 7 atom stereocenters. The molecule has 0 bridgehead atoms. The molecule has 0 heterocycles. The van der Waals surface area contributed by atoms with Gasteiger partial charge in [-0.1, -0.05) is 19.1 Å². The van der Waals surface area contributed by atoms with Crippen LogP contribution < -0.4 is 5.32 Å². The SMILES string of the molecule is C[C@]12CC[C@@H](O)C[C@@H]1CC[C@H]1[C@@H]3CC=C[C@@]3(CNC3CC3)CC[C@@H]12. The lowest BCUT2D eigenvalue weighted by molar-refractivity contribution is -0.118. The predicted molar refractivity (Wildman–Crippen MR) is 97.6 cm³/mol. The van der Waals surface area contributed by atoms with Crippen LogP contribution in [0.5, 0.6) is 0 Å². The van der Waals surface area contributed by atoms with Gasteiger partial charge in [0.25, 0.3) is 0 Å². The highest BCUT2D eigenvalue weighted by Crippen LogP contribution is 2.64. The molecule has 0 aliphatic heterocycles. The molecule has 0 saturated heterocycles. The summed E-state index contributed by atoms with van der Waals surface area (Å²) in [6.07, 6.45) is 18.3. The van der Waals surface area contributed by atoms with Gasteiger partial charge in [0.1, 0.15) is 0 Å². The van der Waals surface area contributed by atoms with E-state index in [4.69, 9.17) is 0 Å². The maximum atomic E-state index is 10.2. The molecule has 2 heteroatoms. The van der Waals surface area contributed by atoms with Gasteiger partial charge in [0.2, 0.25) is 0 Å². The van der Waals surface area contributed by atoms with Crippen LogP contribution in [0.2, 0.25) is 0 Å². The van der Waals surface area contributed by atoms with Crippen LogP contribution in [0.25, 0.3) is 0 Å². The highest BCUT2D eigenvalue weighted by Gasteiger charge is 2.58. The normalized spacial score (nSPS) is 53.3. The first-order chi connectivity index (χ1) is 11.6. The van der Waals surface area contributed by atoms with Gasteiger partial charge < -0.3 is 10.4 Å². The number of nitrogens with one attached hydrogen (secondary N) is 1. The fourth-order valence-corrected chi connectivity index (χ4v) is 7.44. The van der Waals surface area contributed by atoms with E-state index in [1.54, 1.807) is 0 Å². The largest absolute Gasteiger partial charge is 0.393 e. The molecule has 0 amide bonds. The van der Waals surface area contributed by atoms with Crippen molar-refractivity contribution in [2.75, 3.05) is 6.54 Å². The lowest BCUT2D eigenvalue weighted by Crippen LogP contribution is -2.55. The Labute approximate surface area is 147 Å². The molecule has 0 spiro atoms. The highest BCUT2D eigenvalue weighted by molar-refractivity contribution is 5.18. The lowest BCUT2D eigenvalue weighted by Gasteiger charge is -2.60. The Bertz CT molecular complexity index is 526. The topological polar surface area (TPSA) is 32.3 Å². The summed E-state index contributed by atoms with van der Waals surface area (Å²) in [6, 6.07) is 0.833. The van der Waals surface area contributed by atoms with E-state index in [-0.39, 0.29) is 6.10 Å². The van der Waals surface area contributed by atoms with Crippen molar-refractivity contribution in [1.82, 2.24) is 5.32 Å². The van der Waals surface area contributed by atoms with E-state index in [2.05, 4.69) is 24.4 Å². The fraction of sp³-hybridized carbons (Fsp3) is 0.909. The van der Waals surface area contributed by atoms with Gasteiger partial charge in [-0.3, -0.25) is 0 Å². The summed E-state index contributed by atoms with van der Waals surface area (Å²) < 4.78 is 0. The van der Waals surface area contributed by atoms with Crippen molar-refractivity contribution < 1.29 is 5.11 Å². The second-order valence-corrected chi connectivity index (χ2v) is 10.2. The predicted octanol–water partition coefficient (Wildman–Crippen LogP) is 4.29. The summed E-state index contributed by atoms with van der Waals surface area (Å²) in [4.78, 5) is 0. The molecule has 4 fully saturated rings. The lowest BCUT2D eigenvalue weighted by atomic mass is 9.45. The molecule has 0 unspecified atom stereocenters. The van der Waals surface area contributed by atoms with Crippen LogP contribution in [0.15, 0.2) is 12.2 Å². The van der Waals surface area contributed by atoms with Crippen LogP contribution in [0.3, 0.4) is 0 Å². The Kier molecular flexibility index (Phi) is 3.69. The zero-order valence-electron chi connectivity index (χ0n) is 15.3. The molecule has 5 aliphatic rings. The number of allylic oxidation sites excluding steroid dienone is 1. The van der Waals surface area contributed by atoms with Gasteiger partial charge in [0.05, 0.1) is 6.10 Å². The second kappa shape index (κ2) is 5.58. The quantitative estimate of drug-likeness (QED) is 0.757. The molecule has 5 rings (SSSR count). The van der Waals surface area contributed by atoms with E-state index in [0.29, 0.717) is 10.8 Å². The minimum atomic E-state index is -0.0156. The first-order valence-electron chi connectivity index (χ1n) is 10.7. The number of hydrogen-bond acceptors (Lipinski definition) is 2. The summed E-state index contributed by atoms with van der Waals surface area (Å²) in [7, 11) is 0. The van der Waals surface area contributed by atoms with Crippen molar-refractivity contribution in [3.63, 3.8) is 0 Å². The first kappa shape index (κ1) is 15.9. The number of aliphatic hydroxyl groups is 1. The minimum Gasteiger partial charge on any atom is -0.393 e. The summed E-state index contributed by atoms with van der Waals surface area (Å²) in [5.74, 6) is 3.54. The Morgan fingerprint density at radius 2 is 1.92 bits per heavy atom. The van der Waals surface area contributed by atoms with E-state index in [1.165, 1.54) is 57.9 Å². The zero-order valence-corrected chi connectivity index (χ0v) is 15.3. The molecule has 5 aliphatic carbocycles. The standard InChI is InChI=1S/C22H35NO/c1-21-11-8-17(24)13-15(21)4-7-18-19(21)9-12-22(10-2-3-20(18)22)14-23-16-5-6-16/h2,10,15-20,23-24H,3-9,11-14H2,1H3/t15-,17+,18+,19-,20-,21-,22-/m0/s1. The third-order valence-corrected chi connectivity index (χ3v) is 9.03. The first-order valence-corrected chi connectivity index (χ1v) is 10.7. The highest BCUT2D eigenvalue weighted by atomic mass is 16.3. The van der Waals surface area contributed by atoms with Crippen molar-refractivity contribution in [2.45, 2.75) is 83.3 Å². The smallest absolute Gasteiger partial charge is 0.0543 e. The Balaban J connectivity index is 1.38. The van der Waals surface area contributed by atoms with Crippen LogP contribution in [0.1, 0.15) is 71.1 Å². The Hall–Kier alpha value is -0.340. The summed E-state index contributed by atoms with van der Waals surface area (Å²) >= 11 is 0. The molecule has 24 heavy (non-hydrogen) atoms. The number of rotatable bonds is 3. The van der Waals surface area contributed by atoms with Gasteiger partial charge in [-0.15, -0.1) is 0 Å². The number of hydrogen-bond donors (Lipinski definition) is 2. The van der Waals surface area contributed by atoms with Crippen molar-refractivity contribution in [3.8, 4) is 0 Å². The zero-order chi connectivity index (χ0) is 16.4. The summed E-state index contributed by atoms with van der Waals surface area (Å²) in [5, 5.41) is 14.0. The van der Waals surface area contributed by atoms with E-state index in [9.17, 15) is 5.11 Å². The molecule has 0 aromatic heterocycles. The molecule has 0 aromatic carbocycles. The van der Waals surface area contributed by atoms with Gasteiger partial charge >= 0.3 is 0 Å². The van der Waals surface area contributed by atoms with Gasteiger partial charge in [-0.05, 0) is 93.3 Å². The van der Waals surface area contributed by atoms with E-state index < -0.39 is 0 Å². The van der Waals surface area contributed by atoms with Gasteiger partial charge in [-0.2, -0.15) is 0 Å². The maximum absolute atomic E-state index is 10.2. The average Bonchev–Trinajstić information content (AvgIpc) is 3.31. The third-order valence-electron chi connectivity index (χ3n) is 9.03. The van der Waals surface area contributed by atoms with Crippen molar-refractivity contribution in [3.05, 3.63) is 12.2 Å². The minimum absolute atomic E-state index is 0.0156. The molecule has 0 aromatic rings. The van der Waals surface area contributed by atoms with E-state index >= 15 is 0 Å². The van der Waals surface area contributed by atoms with Crippen LogP contribution >= 0.6 is 0 Å². The maximum Gasteiger partial charge on any atom is 0.0543 e. The van der Waals surface area contributed by atoms with Gasteiger partial charge in [-0.25, -0.2) is 0 Å². The Morgan fingerprint density at radius 3 is 2.75 bits per heavy atom. The number of fused-ring (bicyclic) bond motifs is 5.